The molecule has 0 unspecified atom stereocenters. The average molecular weight is 335 g/mol. The Labute approximate surface area is 130 Å². The molecule has 2 N–H and O–H groups in total. The van der Waals surface area contributed by atoms with Crippen molar-refractivity contribution in [3.63, 3.8) is 0 Å². The molecule has 0 spiro atoms. The number of unbranched alkanes of at least 4 members (excludes halogenated alkanes) is 5. The fraction of sp³-hybridized carbons (Fsp3) is 0.643. The lowest BCUT2D eigenvalue weighted by Gasteiger charge is -2.10. The number of aromatic amines is 1. The summed E-state index contributed by atoms with van der Waals surface area (Å²) in [5, 5.41) is 2.36. The van der Waals surface area contributed by atoms with Gasteiger partial charge in [-0.1, -0.05) is 39.0 Å². The summed E-state index contributed by atoms with van der Waals surface area (Å²) in [6.07, 6.45) is 1.20. The van der Waals surface area contributed by atoms with Crippen LogP contribution in [0.2, 0.25) is 0 Å². The van der Waals surface area contributed by atoms with Crippen molar-refractivity contribution in [3.05, 3.63) is 32.6 Å². The number of amides is 1. The van der Waals surface area contributed by atoms with Crippen LogP contribution in [0.1, 0.15) is 51.0 Å². The van der Waals surface area contributed by atoms with E-state index in [0.29, 0.717) is 6.42 Å². The summed E-state index contributed by atoms with van der Waals surface area (Å²) in [6.45, 7) is 2.34. The van der Waals surface area contributed by atoms with Crippen LogP contribution >= 0.6 is 0 Å². The summed E-state index contributed by atoms with van der Waals surface area (Å²) in [5.41, 5.74) is -4.36. The number of hydrogen-bond acceptors (Lipinski definition) is 3. The maximum atomic E-state index is 12.6. The molecule has 0 aliphatic heterocycles. The molecule has 1 rings (SSSR count). The molecule has 9 heteroatoms. The Bertz CT molecular complexity index is 635. The Balaban J connectivity index is 2.63. The van der Waals surface area contributed by atoms with E-state index in [1.54, 1.807) is 0 Å². The molecular weight excluding hydrogens is 315 g/mol. The van der Waals surface area contributed by atoms with Gasteiger partial charge in [0, 0.05) is 12.7 Å². The molecule has 0 saturated carbocycles. The highest BCUT2D eigenvalue weighted by Crippen LogP contribution is 2.25. The molecule has 0 fully saturated rings. The zero-order valence-electron chi connectivity index (χ0n) is 12.8. The predicted octanol–water partition coefficient (Wildman–Crippen LogP) is 2.47. The fourth-order valence-electron chi connectivity index (χ4n) is 2.01. The van der Waals surface area contributed by atoms with Gasteiger partial charge in [-0.05, 0) is 6.42 Å². The molecular formula is C14H20F3N3O3. The first-order valence-electron chi connectivity index (χ1n) is 7.48. The average Bonchev–Trinajstić information content (AvgIpc) is 2.44. The fourth-order valence-corrected chi connectivity index (χ4v) is 2.01. The molecule has 0 radical (unpaired) electrons. The van der Waals surface area contributed by atoms with E-state index in [2.05, 4.69) is 12.2 Å². The molecule has 0 aliphatic rings. The predicted molar refractivity (Wildman–Crippen MR) is 78.5 cm³/mol. The third kappa shape index (κ3) is 5.91. The number of carbonyl (C=O) groups excluding carboxylic acids is 1. The van der Waals surface area contributed by atoms with Gasteiger partial charge >= 0.3 is 17.9 Å². The minimum atomic E-state index is -4.94. The highest BCUT2D eigenvalue weighted by atomic mass is 19.4. The second-order valence-corrected chi connectivity index (χ2v) is 5.17. The summed E-state index contributed by atoms with van der Waals surface area (Å²) < 4.78 is 38.1. The van der Waals surface area contributed by atoms with Gasteiger partial charge in [0.05, 0.1) is 0 Å². The number of halogens is 3. The van der Waals surface area contributed by atoms with Crippen molar-refractivity contribution in [2.24, 2.45) is 0 Å². The van der Waals surface area contributed by atoms with E-state index in [9.17, 15) is 27.6 Å². The van der Waals surface area contributed by atoms with Gasteiger partial charge in [0.2, 0.25) is 0 Å². The molecule has 130 valence electrons. The maximum absolute atomic E-state index is 12.6. The van der Waals surface area contributed by atoms with E-state index in [1.165, 1.54) is 4.98 Å². The van der Waals surface area contributed by atoms with Crippen molar-refractivity contribution in [3.8, 4) is 0 Å². The molecule has 1 aromatic heterocycles. The zero-order valence-corrected chi connectivity index (χ0v) is 12.8. The van der Waals surface area contributed by atoms with Crippen LogP contribution in [-0.2, 0) is 6.18 Å². The Morgan fingerprint density at radius 3 is 2.39 bits per heavy atom. The van der Waals surface area contributed by atoms with Crippen molar-refractivity contribution < 1.29 is 18.0 Å². The number of carbonyl (C=O) groups is 1. The van der Waals surface area contributed by atoms with Gasteiger partial charge < -0.3 is 5.32 Å². The number of nitrogens with zero attached hydrogens (tertiary/aromatic N) is 1. The SMILES string of the molecule is CCCCCCCCNC(=O)n1cc(C(F)(F)F)c(=O)[nH]c1=O. The van der Waals surface area contributed by atoms with Gasteiger partial charge in [0.1, 0.15) is 5.56 Å². The van der Waals surface area contributed by atoms with E-state index in [0.717, 1.165) is 32.1 Å². The number of rotatable bonds is 7. The summed E-state index contributed by atoms with van der Waals surface area (Å²) in [7, 11) is 0. The van der Waals surface area contributed by atoms with Crippen LogP contribution in [-0.4, -0.2) is 22.1 Å². The van der Waals surface area contributed by atoms with Gasteiger partial charge in [-0.25, -0.2) is 14.2 Å². The number of hydrogen-bond donors (Lipinski definition) is 2. The van der Waals surface area contributed by atoms with Crippen molar-refractivity contribution >= 4 is 6.03 Å². The van der Waals surface area contributed by atoms with Gasteiger partial charge in [-0.15, -0.1) is 0 Å². The second kappa shape index (κ2) is 8.54. The van der Waals surface area contributed by atoms with Crippen molar-refractivity contribution in [1.82, 2.24) is 14.9 Å². The highest BCUT2D eigenvalue weighted by Gasteiger charge is 2.35. The Kier molecular flexibility index (Phi) is 7.05. The molecule has 6 nitrogen and oxygen atoms in total. The molecule has 0 bridgehead atoms. The maximum Gasteiger partial charge on any atom is 0.423 e. The van der Waals surface area contributed by atoms with Gasteiger partial charge in [0.25, 0.3) is 5.56 Å². The minimum absolute atomic E-state index is 0.220. The van der Waals surface area contributed by atoms with Crippen LogP contribution in [0.5, 0.6) is 0 Å². The minimum Gasteiger partial charge on any atom is -0.337 e. The Morgan fingerprint density at radius 2 is 1.78 bits per heavy atom. The van der Waals surface area contributed by atoms with E-state index in [-0.39, 0.29) is 17.3 Å². The van der Waals surface area contributed by atoms with Crippen LogP contribution in [0, 0.1) is 0 Å². The molecule has 0 saturated heterocycles. The molecule has 23 heavy (non-hydrogen) atoms. The number of aromatic nitrogens is 2. The van der Waals surface area contributed by atoms with Crippen LogP contribution in [0.3, 0.4) is 0 Å². The lowest BCUT2D eigenvalue weighted by atomic mass is 10.1. The van der Waals surface area contributed by atoms with Crippen molar-refractivity contribution in [1.29, 1.82) is 0 Å². The third-order valence-electron chi connectivity index (χ3n) is 3.27. The molecule has 1 heterocycles. The van der Waals surface area contributed by atoms with E-state index < -0.39 is 29.0 Å². The number of alkyl halides is 3. The first-order chi connectivity index (χ1) is 10.8. The van der Waals surface area contributed by atoms with E-state index in [1.807, 2.05) is 0 Å². The number of H-pyrrole nitrogens is 1. The monoisotopic (exact) mass is 335 g/mol. The first-order valence-corrected chi connectivity index (χ1v) is 7.48. The van der Waals surface area contributed by atoms with Crippen LogP contribution in [0.25, 0.3) is 0 Å². The van der Waals surface area contributed by atoms with E-state index >= 15 is 0 Å². The quantitative estimate of drug-likeness (QED) is 0.751. The smallest absolute Gasteiger partial charge is 0.337 e. The molecule has 0 atom stereocenters. The van der Waals surface area contributed by atoms with Gasteiger partial charge in [-0.3, -0.25) is 9.78 Å². The normalized spacial score (nSPS) is 11.5. The molecule has 1 amide bonds. The van der Waals surface area contributed by atoms with Crippen LogP contribution in [0.4, 0.5) is 18.0 Å². The first kappa shape index (κ1) is 19.0. The molecule has 1 aromatic rings. The largest absolute Gasteiger partial charge is 0.423 e. The van der Waals surface area contributed by atoms with Gasteiger partial charge in [-0.2, -0.15) is 13.2 Å². The highest BCUT2D eigenvalue weighted by molar-refractivity contribution is 5.76. The topological polar surface area (TPSA) is 84.0 Å². The van der Waals surface area contributed by atoms with E-state index in [4.69, 9.17) is 0 Å². The number of nitrogens with one attached hydrogen (secondary N) is 2. The Hall–Kier alpha value is -2.06. The summed E-state index contributed by atoms with van der Waals surface area (Å²) in [6, 6.07) is -0.995. The van der Waals surface area contributed by atoms with Crippen LogP contribution < -0.4 is 16.6 Å². The molecule has 0 aliphatic carbocycles. The summed E-state index contributed by atoms with van der Waals surface area (Å²) in [4.78, 5) is 35.8. The summed E-state index contributed by atoms with van der Waals surface area (Å²) in [5.74, 6) is 0. The lowest BCUT2D eigenvalue weighted by Crippen LogP contribution is -2.42. The zero-order chi connectivity index (χ0) is 17.5. The van der Waals surface area contributed by atoms with Crippen molar-refractivity contribution in [2.75, 3.05) is 6.54 Å². The third-order valence-corrected chi connectivity index (χ3v) is 3.27. The molecule has 0 aromatic carbocycles. The van der Waals surface area contributed by atoms with Gasteiger partial charge in [0.15, 0.2) is 0 Å². The Morgan fingerprint density at radius 1 is 1.17 bits per heavy atom. The second-order valence-electron chi connectivity index (χ2n) is 5.17. The summed E-state index contributed by atoms with van der Waals surface area (Å²) >= 11 is 0. The standard InChI is InChI=1S/C14H20F3N3O3/c1-2-3-4-5-6-7-8-18-12(22)20-9-10(14(15,16)17)11(21)19-13(20)23/h9H,2-8H2,1H3,(H,18,22)(H,19,21,23). The van der Waals surface area contributed by atoms with Crippen molar-refractivity contribution in [2.45, 2.75) is 51.6 Å². The lowest BCUT2D eigenvalue weighted by molar-refractivity contribution is -0.139. The van der Waals surface area contributed by atoms with Crippen LogP contribution in [0.15, 0.2) is 15.8 Å².